The van der Waals surface area contributed by atoms with Crippen LogP contribution in [0.1, 0.15) is 30.4 Å². The average Bonchev–Trinajstić information content (AvgIpc) is 3.38. The summed E-state index contributed by atoms with van der Waals surface area (Å²) in [5, 5.41) is 7.22. The topological polar surface area (TPSA) is 78.5 Å². The third-order valence-electron chi connectivity index (χ3n) is 5.01. The Kier molecular flexibility index (Phi) is 6.79. The van der Waals surface area contributed by atoms with E-state index in [1.807, 2.05) is 5.38 Å². The Bertz CT molecular complexity index is 1350. The molecule has 34 heavy (non-hydrogen) atoms. The minimum absolute atomic E-state index is 0.216. The van der Waals surface area contributed by atoms with Crippen molar-refractivity contribution in [3.8, 4) is 0 Å². The highest BCUT2D eigenvalue weighted by molar-refractivity contribution is 7.12. The van der Waals surface area contributed by atoms with Crippen LogP contribution in [0.4, 0.5) is 21.5 Å². The minimum atomic E-state index is -0.458. The van der Waals surface area contributed by atoms with Gasteiger partial charge in [-0.1, -0.05) is 30.3 Å². The maximum Gasteiger partial charge on any atom is 0.268 e. The van der Waals surface area contributed by atoms with Gasteiger partial charge in [0.2, 0.25) is 0 Å². The van der Waals surface area contributed by atoms with Gasteiger partial charge in [-0.05, 0) is 60.0 Å². The highest BCUT2D eigenvalue weighted by atomic mass is 32.1. The van der Waals surface area contributed by atoms with Crippen molar-refractivity contribution in [2.45, 2.75) is 0 Å². The molecular formula is C26H20FN3O3S. The molecule has 0 aliphatic heterocycles. The zero-order valence-corrected chi connectivity index (χ0v) is 18.9. The van der Waals surface area contributed by atoms with Gasteiger partial charge in [0.1, 0.15) is 5.82 Å². The largest absolute Gasteiger partial charge is 0.322 e. The van der Waals surface area contributed by atoms with Gasteiger partial charge < -0.3 is 15.5 Å². The van der Waals surface area contributed by atoms with E-state index in [4.69, 9.17) is 0 Å². The van der Waals surface area contributed by atoms with E-state index in [0.29, 0.717) is 33.1 Å². The van der Waals surface area contributed by atoms with Gasteiger partial charge in [-0.25, -0.2) is 4.39 Å². The van der Waals surface area contributed by atoms with Crippen molar-refractivity contribution in [1.82, 2.24) is 0 Å². The van der Waals surface area contributed by atoms with E-state index in [9.17, 15) is 18.8 Å². The minimum Gasteiger partial charge on any atom is -0.322 e. The normalized spacial score (nSPS) is 10.4. The Morgan fingerprint density at radius 1 is 0.794 bits per heavy atom. The van der Waals surface area contributed by atoms with Gasteiger partial charge in [0.05, 0.1) is 16.1 Å². The summed E-state index contributed by atoms with van der Waals surface area (Å²) >= 11 is 1.33. The molecular weight excluding hydrogens is 453 g/mol. The smallest absolute Gasteiger partial charge is 0.268 e. The summed E-state index contributed by atoms with van der Waals surface area (Å²) < 4.78 is 13.4. The van der Waals surface area contributed by atoms with Gasteiger partial charge in [0, 0.05) is 24.0 Å². The second-order valence-corrected chi connectivity index (χ2v) is 8.31. The lowest BCUT2D eigenvalue weighted by molar-refractivity contribution is 0.0993. The number of benzene rings is 3. The molecule has 6 nitrogen and oxygen atoms in total. The molecule has 170 valence electrons. The predicted octanol–water partition coefficient (Wildman–Crippen LogP) is 5.67. The van der Waals surface area contributed by atoms with Crippen LogP contribution in [0.5, 0.6) is 0 Å². The number of hydrogen-bond acceptors (Lipinski definition) is 4. The number of para-hydroxylation sites is 1. The Labute approximate surface area is 199 Å². The number of rotatable bonds is 6. The molecule has 0 unspecified atom stereocenters. The monoisotopic (exact) mass is 473 g/mol. The summed E-state index contributed by atoms with van der Waals surface area (Å²) in [7, 11) is 1.62. The Morgan fingerprint density at radius 2 is 1.50 bits per heavy atom. The number of carbonyl (C=O) groups excluding carboxylic acids is 3. The van der Waals surface area contributed by atoms with Crippen molar-refractivity contribution in [2.24, 2.45) is 0 Å². The fourth-order valence-electron chi connectivity index (χ4n) is 3.34. The number of hydrogen-bond donors (Lipinski definition) is 2. The molecule has 8 heteroatoms. The molecule has 0 saturated carbocycles. The Hall–Kier alpha value is -4.30. The van der Waals surface area contributed by atoms with Gasteiger partial charge in [0.15, 0.2) is 0 Å². The summed E-state index contributed by atoms with van der Waals surface area (Å²) in [5.74, 6) is -1.54. The van der Waals surface area contributed by atoms with Crippen LogP contribution in [0.2, 0.25) is 0 Å². The van der Waals surface area contributed by atoms with Gasteiger partial charge in [-0.2, -0.15) is 0 Å². The van der Waals surface area contributed by atoms with Crippen molar-refractivity contribution in [1.29, 1.82) is 0 Å². The maximum atomic E-state index is 13.4. The molecule has 4 aromatic rings. The van der Waals surface area contributed by atoms with E-state index in [-0.39, 0.29) is 5.91 Å². The Balaban J connectivity index is 1.51. The molecule has 0 radical (unpaired) electrons. The van der Waals surface area contributed by atoms with Gasteiger partial charge in [-0.15, -0.1) is 11.3 Å². The summed E-state index contributed by atoms with van der Waals surface area (Å²) in [6, 6.07) is 22.3. The first-order chi connectivity index (χ1) is 16.4. The molecule has 0 atom stereocenters. The van der Waals surface area contributed by atoms with E-state index in [1.165, 1.54) is 40.5 Å². The van der Waals surface area contributed by atoms with E-state index in [1.54, 1.807) is 67.7 Å². The van der Waals surface area contributed by atoms with E-state index in [2.05, 4.69) is 10.6 Å². The van der Waals surface area contributed by atoms with E-state index >= 15 is 0 Å². The summed E-state index contributed by atoms with van der Waals surface area (Å²) in [5.41, 5.74) is 1.79. The SMILES string of the molecule is CN(C(=O)c1cccs1)c1ccccc1C(=O)Nc1cccc(C(=O)Nc2cccc(F)c2)c1. The van der Waals surface area contributed by atoms with Gasteiger partial charge >= 0.3 is 0 Å². The number of carbonyl (C=O) groups is 3. The second kappa shape index (κ2) is 10.1. The first kappa shape index (κ1) is 22.9. The number of nitrogens with one attached hydrogen (secondary N) is 2. The number of anilines is 3. The third kappa shape index (κ3) is 5.19. The second-order valence-electron chi connectivity index (χ2n) is 7.36. The molecule has 0 spiro atoms. The summed E-state index contributed by atoms with van der Waals surface area (Å²) in [6.45, 7) is 0. The highest BCUT2D eigenvalue weighted by Gasteiger charge is 2.20. The van der Waals surface area contributed by atoms with Crippen LogP contribution in [-0.2, 0) is 0 Å². The molecule has 0 aliphatic carbocycles. The fraction of sp³-hybridized carbons (Fsp3) is 0.0385. The lowest BCUT2D eigenvalue weighted by Gasteiger charge is -2.20. The fourth-order valence-corrected chi connectivity index (χ4v) is 4.04. The third-order valence-corrected chi connectivity index (χ3v) is 5.87. The van der Waals surface area contributed by atoms with Crippen LogP contribution in [0.3, 0.4) is 0 Å². The number of nitrogens with zero attached hydrogens (tertiary/aromatic N) is 1. The summed E-state index contributed by atoms with van der Waals surface area (Å²) in [6.07, 6.45) is 0. The molecule has 0 fully saturated rings. The standard InChI is InChI=1S/C26H20FN3O3S/c1-30(26(33)23-13-6-14-34-23)22-12-3-2-11-21(22)25(32)29-19-9-4-7-17(15-19)24(31)28-20-10-5-8-18(27)16-20/h2-16H,1H3,(H,28,31)(H,29,32). The zero-order valence-electron chi connectivity index (χ0n) is 18.1. The molecule has 1 aromatic heterocycles. The molecule has 0 saturated heterocycles. The number of amides is 3. The van der Waals surface area contributed by atoms with E-state index in [0.717, 1.165) is 0 Å². The molecule has 4 rings (SSSR count). The first-order valence-corrected chi connectivity index (χ1v) is 11.2. The predicted molar refractivity (Wildman–Crippen MR) is 132 cm³/mol. The average molecular weight is 474 g/mol. The van der Waals surface area contributed by atoms with Crippen LogP contribution in [0, 0.1) is 5.82 Å². The molecule has 2 N–H and O–H groups in total. The van der Waals surface area contributed by atoms with Crippen LogP contribution in [0.25, 0.3) is 0 Å². The molecule has 3 aromatic carbocycles. The van der Waals surface area contributed by atoms with Crippen molar-refractivity contribution in [3.63, 3.8) is 0 Å². The van der Waals surface area contributed by atoms with Gasteiger partial charge in [-0.3, -0.25) is 14.4 Å². The zero-order chi connectivity index (χ0) is 24.1. The van der Waals surface area contributed by atoms with Crippen LogP contribution in [0.15, 0.2) is 90.3 Å². The van der Waals surface area contributed by atoms with Crippen LogP contribution >= 0.6 is 11.3 Å². The van der Waals surface area contributed by atoms with Crippen molar-refractivity contribution in [3.05, 3.63) is 112 Å². The molecule has 3 amide bonds. The summed E-state index contributed by atoms with van der Waals surface area (Å²) in [4.78, 5) is 40.4. The van der Waals surface area contributed by atoms with Crippen molar-refractivity contribution >= 4 is 46.1 Å². The molecule has 0 bridgehead atoms. The van der Waals surface area contributed by atoms with Crippen molar-refractivity contribution in [2.75, 3.05) is 22.6 Å². The maximum absolute atomic E-state index is 13.4. The first-order valence-electron chi connectivity index (χ1n) is 10.3. The number of halogens is 1. The number of thiophene rings is 1. The van der Waals surface area contributed by atoms with Crippen molar-refractivity contribution < 1.29 is 18.8 Å². The molecule has 1 heterocycles. The van der Waals surface area contributed by atoms with E-state index < -0.39 is 17.6 Å². The Morgan fingerprint density at radius 3 is 2.24 bits per heavy atom. The lowest BCUT2D eigenvalue weighted by Crippen LogP contribution is -2.28. The quantitative estimate of drug-likeness (QED) is 0.379. The van der Waals surface area contributed by atoms with Gasteiger partial charge in [0.25, 0.3) is 17.7 Å². The highest BCUT2D eigenvalue weighted by Crippen LogP contribution is 2.24. The lowest BCUT2D eigenvalue weighted by atomic mass is 10.1. The molecule has 0 aliphatic rings. The van der Waals surface area contributed by atoms with Crippen LogP contribution in [-0.4, -0.2) is 24.8 Å². The van der Waals surface area contributed by atoms with Crippen LogP contribution < -0.4 is 15.5 Å².